The van der Waals surface area contributed by atoms with Crippen molar-refractivity contribution in [1.82, 2.24) is 24.8 Å². The molecule has 3 aliphatic rings. The van der Waals surface area contributed by atoms with Gasteiger partial charge in [-0.1, -0.05) is 113 Å². The maximum Gasteiger partial charge on any atom is 0.212 e. The smallest absolute Gasteiger partial charge is 0.212 e. The molecule has 0 N–H and O–H groups in total. The Bertz CT molecular complexity index is 2900. The van der Waals surface area contributed by atoms with Gasteiger partial charge < -0.3 is 4.90 Å². The lowest BCUT2D eigenvalue weighted by Gasteiger charge is -2.38. The average molecular weight is 1070 g/mol. The van der Waals surface area contributed by atoms with E-state index in [2.05, 4.69) is 92.8 Å². The van der Waals surface area contributed by atoms with Crippen molar-refractivity contribution >= 4 is 137 Å². The number of pyridine rings is 3. The van der Waals surface area contributed by atoms with Crippen LogP contribution in [0.25, 0.3) is 42.8 Å². The van der Waals surface area contributed by atoms with Crippen molar-refractivity contribution in [3.63, 3.8) is 0 Å². The fourth-order valence-corrected chi connectivity index (χ4v) is 10.3. The van der Waals surface area contributed by atoms with Crippen molar-refractivity contribution in [1.29, 1.82) is 0 Å². The van der Waals surface area contributed by atoms with E-state index in [4.69, 9.17) is 51.4 Å². The van der Waals surface area contributed by atoms with Gasteiger partial charge in [-0.15, -0.1) is 11.6 Å². The van der Waals surface area contributed by atoms with E-state index < -0.39 is 0 Å². The maximum absolute atomic E-state index is 12.4. The number of fused-ring (bicyclic) bond motifs is 6. The van der Waals surface area contributed by atoms with Crippen LogP contribution in [0, 0.1) is 0 Å². The minimum absolute atomic E-state index is 0.0806. The second-order valence-corrected chi connectivity index (χ2v) is 18.8. The SMILES string of the molecule is CN1CCN(C2c3ccc(Cl)cc3C(Br)=Cc3cccnc32)CC1.Clc1ccc2c(c1)C(Br)=Cc1cccnc1C2Cl.O=c1c2ccc(Cl)cc2c(Br)cc2cccnc12. The predicted octanol–water partition coefficient (Wildman–Crippen LogP) is 13.7. The van der Waals surface area contributed by atoms with Crippen LogP contribution in [0.4, 0.5) is 0 Å². The number of hydrogen-bond acceptors (Lipinski definition) is 6. The lowest BCUT2D eigenvalue weighted by Crippen LogP contribution is -2.46. The zero-order chi connectivity index (χ0) is 42.1. The molecule has 3 aromatic heterocycles. The summed E-state index contributed by atoms with van der Waals surface area (Å²) in [4.78, 5) is 30.7. The van der Waals surface area contributed by atoms with Crippen LogP contribution in [0.1, 0.15) is 56.2 Å². The van der Waals surface area contributed by atoms with Crippen molar-refractivity contribution in [2.75, 3.05) is 33.2 Å². The zero-order valence-electron chi connectivity index (χ0n) is 31.9. The molecule has 4 aromatic carbocycles. The minimum atomic E-state index is -0.264. The summed E-state index contributed by atoms with van der Waals surface area (Å²) in [6, 6.07) is 30.9. The Hall–Kier alpha value is -3.48. The van der Waals surface area contributed by atoms with Crippen LogP contribution >= 0.6 is 94.2 Å². The van der Waals surface area contributed by atoms with Gasteiger partial charge in [0.2, 0.25) is 5.43 Å². The molecule has 7 aromatic rings. The number of nitrogens with zero attached hydrogens (tertiary/aromatic N) is 5. The first-order chi connectivity index (χ1) is 29.0. The first kappa shape index (κ1) is 43.2. The second-order valence-electron chi connectivity index (χ2n) is 14.5. The van der Waals surface area contributed by atoms with Crippen molar-refractivity contribution in [2.24, 2.45) is 0 Å². The van der Waals surface area contributed by atoms with E-state index in [-0.39, 0.29) is 16.8 Å². The minimum Gasteiger partial charge on any atom is -0.304 e. The molecular weight excluding hydrogens is 1030 g/mol. The molecule has 60 heavy (non-hydrogen) atoms. The number of benzene rings is 3. The van der Waals surface area contributed by atoms with E-state index in [1.807, 2.05) is 79.0 Å². The average Bonchev–Trinajstić information content (AvgIpc) is 3.49. The number of alkyl halides is 1. The molecule has 302 valence electrons. The molecule has 0 bridgehead atoms. The Balaban J connectivity index is 0.000000127. The van der Waals surface area contributed by atoms with Crippen LogP contribution in [0.5, 0.6) is 0 Å². The third-order valence-electron chi connectivity index (χ3n) is 10.6. The Kier molecular flexibility index (Phi) is 13.6. The van der Waals surface area contributed by atoms with E-state index in [1.54, 1.807) is 30.6 Å². The van der Waals surface area contributed by atoms with Crippen LogP contribution < -0.4 is 5.43 Å². The number of likely N-dealkylation sites (N-methyl/N-ethyl adjacent to an activating group) is 1. The molecule has 0 radical (unpaired) electrons. The molecule has 2 aliphatic carbocycles. The highest BCUT2D eigenvalue weighted by Gasteiger charge is 2.32. The number of hydrogen-bond donors (Lipinski definition) is 0. The van der Waals surface area contributed by atoms with Gasteiger partial charge in [0.15, 0.2) is 0 Å². The molecule has 2 unspecified atom stereocenters. The molecule has 1 fully saturated rings. The number of piperazine rings is 1. The van der Waals surface area contributed by atoms with E-state index in [0.717, 1.165) is 89.1 Å². The molecule has 0 amide bonds. The molecule has 0 spiro atoms. The highest BCUT2D eigenvalue weighted by molar-refractivity contribution is 9.15. The van der Waals surface area contributed by atoms with Gasteiger partial charge in [0, 0.05) is 89.4 Å². The van der Waals surface area contributed by atoms with Gasteiger partial charge in [-0.05, 0) is 119 Å². The quantitative estimate of drug-likeness (QED) is 0.153. The van der Waals surface area contributed by atoms with Gasteiger partial charge in [-0.2, -0.15) is 0 Å². The van der Waals surface area contributed by atoms with Crippen LogP contribution in [-0.2, 0) is 0 Å². The Morgan fingerprint density at radius 3 is 1.85 bits per heavy atom. The van der Waals surface area contributed by atoms with Crippen LogP contribution in [0.3, 0.4) is 0 Å². The summed E-state index contributed by atoms with van der Waals surface area (Å²) in [6.45, 7) is 4.24. The molecule has 10 rings (SSSR count). The zero-order valence-corrected chi connectivity index (χ0v) is 39.7. The largest absolute Gasteiger partial charge is 0.304 e. The van der Waals surface area contributed by atoms with Crippen LogP contribution in [-0.4, -0.2) is 58.0 Å². The first-order valence-electron chi connectivity index (χ1n) is 18.9. The van der Waals surface area contributed by atoms with Crippen molar-refractivity contribution < 1.29 is 0 Å². The van der Waals surface area contributed by atoms with Crippen molar-refractivity contribution in [3.8, 4) is 0 Å². The summed E-state index contributed by atoms with van der Waals surface area (Å²) in [6.07, 6.45) is 9.47. The summed E-state index contributed by atoms with van der Waals surface area (Å²) < 4.78 is 2.86. The van der Waals surface area contributed by atoms with Crippen molar-refractivity contribution in [3.05, 3.63) is 190 Å². The summed E-state index contributed by atoms with van der Waals surface area (Å²) in [7, 11) is 2.18. The van der Waals surface area contributed by atoms with Gasteiger partial charge in [-0.25, -0.2) is 0 Å². The first-order valence-corrected chi connectivity index (χ1v) is 22.9. The van der Waals surface area contributed by atoms with E-state index in [1.165, 1.54) is 11.1 Å². The van der Waals surface area contributed by atoms with E-state index in [0.29, 0.717) is 20.9 Å². The standard InChI is InChI=1S/C19H19BrClN3.C14H8BrCl2N.C14H7BrClNO/c1-23-7-9-24(10-8-23)19-15-5-4-14(21)12-16(15)17(20)11-13-3-2-6-22-18(13)19;15-12-6-8-2-1-5-18-14(8)13(17)10-4-3-9(16)7-11(10)12;15-12-6-8-2-1-5-17-13(8)14(18)10-4-3-9(16)7-11(10)12/h2-6,11-12,19H,7-10H2,1H3;1-7,13H;1-7H. The normalized spacial score (nSPS) is 17.2. The monoisotopic (exact) mass is 1060 g/mol. The Labute approximate surface area is 393 Å². The van der Waals surface area contributed by atoms with Gasteiger partial charge in [-0.3, -0.25) is 24.6 Å². The summed E-state index contributed by atoms with van der Waals surface area (Å²) in [5.74, 6) is 0. The third-order valence-corrected chi connectivity index (χ3v) is 13.8. The van der Waals surface area contributed by atoms with Gasteiger partial charge in [0.25, 0.3) is 0 Å². The lowest BCUT2D eigenvalue weighted by atomic mass is 9.96. The fourth-order valence-electron chi connectivity index (χ4n) is 7.63. The van der Waals surface area contributed by atoms with E-state index >= 15 is 0 Å². The third kappa shape index (κ3) is 9.17. The summed E-state index contributed by atoms with van der Waals surface area (Å²) >= 11 is 35.7. The highest BCUT2D eigenvalue weighted by atomic mass is 79.9. The molecular formula is C47H34Br3Cl4N5O. The van der Waals surface area contributed by atoms with Crippen LogP contribution in [0.15, 0.2) is 125 Å². The van der Waals surface area contributed by atoms with Gasteiger partial charge in [0.1, 0.15) is 10.9 Å². The molecule has 1 aliphatic heterocycles. The number of aromatic nitrogens is 3. The molecule has 13 heteroatoms. The van der Waals surface area contributed by atoms with Crippen molar-refractivity contribution in [2.45, 2.75) is 11.4 Å². The molecule has 2 atom stereocenters. The van der Waals surface area contributed by atoms with Crippen LogP contribution in [0.2, 0.25) is 15.1 Å². The molecule has 4 heterocycles. The number of halogens is 7. The second kappa shape index (κ2) is 18.9. The highest BCUT2D eigenvalue weighted by Crippen LogP contribution is 2.43. The molecule has 6 nitrogen and oxygen atoms in total. The summed E-state index contributed by atoms with van der Waals surface area (Å²) in [5, 5.41) is 4.01. The molecule has 1 saturated heterocycles. The predicted molar refractivity (Wildman–Crippen MR) is 262 cm³/mol. The summed E-state index contributed by atoms with van der Waals surface area (Å²) in [5.41, 5.74) is 9.03. The lowest BCUT2D eigenvalue weighted by molar-refractivity contribution is 0.125. The van der Waals surface area contributed by atoms with Gasteiger partial charge >= 0.3 is 0 Å². The maximum atomic E-state index is 12.4. The van der Waals surface area contributed by atoms with E-state index in [9.17, 15) is 4.79 Å². The van der Waals surface area contributed by atoms with Gasteiger partial charge in [0.05, 0.1) is 17.4 Å². The topological polar surface area (TPSA) is 62.2 Å². The Morgan fingerprint density at radius 2 is 1.17 bits per heavy atom. The fraction of sp³-hybridized carbons (Fsp3) is 0.149. The molecule has 0 saturated carbocycles. The Morgan fingerprint density at radius 1 is 0.617 bits per heavy atom. The number of rotatable bonds is 1.